The van der Waals surface area contributed by atoms with Crippen molar-refractivity contribution in [1.82, 2.24) is 5.32 Å². The zero-order chi connectivity index (χ0) is 10.9. The van der Waals surface area contributed by atoms with Crippen molar-refractivity contribution in [2.24, 2.45) is 0 Å². The van der Waals surface area contributed by atoms with E-state index in [1.165, 1.54) is 0 Å². The Balaban J connectivity index is 2.14. The van der Waals surface area contributed by atoms with E-state index >= 15 is 0 Å². The Morgan fingerprint density at radius 3 is 2.67 bits per heavy atom. The molecule has 4 nitrogen and oxygen atoms in total. The molecule has 4 heteroatoms. The molecule has 0 aliphatic carbocycles. The highest BCUT2D eigenvalue weighted by atomic mass is 16.5. The lowest BCUT2D eigenvalue weighted by Crippen LogP contribution is -2.32. The molecule has 0 aromatic heterocycles. The van der Waals surface area contributed by atoms with E-state index in [2.05, 4.69) is 5.32 Å². The molecule has 0 spiro atoms. The van der Waals surface area contributed by atoms with E-state index in [-0.39, 0.29) is 13.2 Å². The lowest BCUT2D eigenvalue weighted by Gasteiger charge is -2.12. The first-order chi connectivity index (χ1) is 7.33. The Hall–Kier alpha value is -1.10. The Bertz CT molecular complexity index is 253. The van der Waals surface area contributed by atoms with Crippen molar-refractivity contribution in [3.05, 3.63) is 30.3 Å². The molecule has 0 bridgehead atoms. The molecule has 3 N–H and O–H groups in total. The van der Waals surface area contributed by atoms with Crippen LogP contribution in [-0.2, 0) is 0 Å². The number of hydrogen-bond donors (Lipinski definition) is 3. The average Bonchev–Trinajstić information content (AvgIpc) is 2.28. The minimum atomic E-state index is -0.559. The molecule has 1 atom stereocenters. The molecule has 1 rings (SSSR count). The summed E-state index contributed by atoms with van der Waals surface area (Å²) in [6, 6.07) is 9.35. The summed E-state index contributed by atoms with van der Waals surface area (Å²) in [4.78, 5) is 0. The molecule has 1 aromatic carbocycles. The molecule has 84 valence electrons. The highest BCUT2D eigenvalue weighted by Gasteiger charge is 2.03. The van der Waals surface area contributed by atoms with Crippen LogP contribution in [0.2, 0.25) is 0 Å². The third kappa shape index (κ3) is 5.37. The van der Waals surface area contributed by atoms with Crippen molar-refractivity contribution in [1.29, 1.82) is 0 Å². The Morgan fingerprint density at radius 2 is 2.00 bits per heavy atom. The lowest BCUT2D eigenvalue weighted by atomic mass is 10.3. The fourth-order valence-electron chi connectivity index (χ4n) is 1.12. The number of rotatable bonds is 7. The van der Waals surface area contributed by atoms with Gasteiger partial charge in [-0.15, -0.1) is 0 Å². The van der Waals surface area contributed by atoms with Gasteiger partial charge in [0.2, 0.25) is 0 Å². The summed E-state index contributed by atoms with van der Waals surface area (Å²) in [5, 5.41) is 20.9. The highest BCUT2D eigenvalue weighted by Crippen LogP contribution is 2.08. The smallest absolute Gasteiger partial charge is 0.119 e. The molecule has 0 aliphatic heterocycles. The van der Waals surface area contributed by atoms with Crippen LogP contribution in [0, 0.1) is 0 Å². The van der Waals surface area contributed by atoms with Gasteiger partial charge in [-0.2, -0.15) is 0 Å². The predicted molar refractivity (Wildman–Crippen MR) is 57.9 cm³/mol. The van der Waals surface area contributed by atoms with Crippen molar-refractivity contribution < 1.29 is 14.9 Å². The summed E-state index contributed by atoms with van der Waals surface area (Å²) in [7, 11) is 0. The van der Waals surface area contributed by atoms with Gasteiger partial charge in [0.05, 0.1) is 6.61 Å². The first-order valence-electron chi connectivity index (χ1n) is 5.00. The number of hydrogen-bond acceptors (Lipinski definition) is 4. The Kier molecular flexibility index (Phi) is 5.77. The number of nitrogens with one attached hydrogen (secondary N) is 1. The van der Waals surface area contributed by atoms with Crippen LogP contribution >= 0.6 is 0 Å². The van der Waals surface area contributed by atoms with Crippen LogP contribution in [0.25, 0.3) is 0 Å². The Labute approximate surface area is 89.5 Å². The molecule has 0 saturated heterocycles. The van der Waals surface area contributed by atoms with Crippen LogP contribution in [-0.4, -0.2) is 42.6 Å². The second-order valence-electron chi connectivity index (χ2n) is 3.21. The minimum Gasteiger partial charge on any atom is -0.491 e. The quantitative estimate of drug-likeness (QED) is 0.556. The maximum atomic E-state index is 9.47. The molecule has 0 aliphatic rings. The summed E-state index contributed by atoms with van der Waals surface area (Å²) in [5.41, 5.74) is 0. The second kappa shape index (κ2) is 7.23. The van der Waals surface area contributed by atoms with Gasteiger partial charge in [0.15, 0.2) is 0 Å². The second-order valence-corrected chi connectivity index (χ2v) is 3.21. The summed E-state index contributed by atoms with van der Waals surface area (Å²) in [6.07, 6.45) is -0.559. The van der Waals surface area contributed by atoms with Crippen molar-refractivity contribution in [2.45, 2.75) is 6.10 Å². The zero-order valence-corrected chi connectivity index (χ0v) is 8.60. The zero-order valence-electron chi connectivity index (χ0n) is 8.60. The molecule has 0 heterocycles. The SMILES string of the molecule is OCCNC[C@H](O)COc1ccccc1. The maximum absolute atomic E-state index is 9.47. The number of para-hydroxylation sites is 1. The molecule has 0 amide bonds. The third-order valence-corrected chi connectivity index (χ3v) is 1.85. The fraction of sp³-hybridized carbons (Fsp3) is 0.455. The van der Waals surface area contributed by atoms with Crippen molar-refractivity contribution in [3.63, 3.8) is 0 Å². The van der Waals surface area contributed by atoms with Crippen LogP contribution in [0.4, 0.5) is 0 Å². The summed E-state index contributed by atoms with van der Waals surface area (Å²) < 4.78 is 5.35. The van der Waals surface area contributed by atoms with Gasteiger partial charge in [-0.25, -0.2) is 0 Å². The van der Waals surface area contributed by atoms with Gasteiger partial charge in [0.25, 0.3) is 0 Å². The van der Waals surface area contributed by atoms with Crippen LogP contribution in [0.1, 0.15) is 0 Å². The predicted octanol–water partition coefficient (Wildman–Crippen LogP) is 0.00820. The van der Waals surface area contributed by atoms with Gasteiger partial charge in [0.1, 0.15) is 18.5 Å². The molecule has 15 heavy (non-hydrogen) atoms. The maximum Gasteiger partial charge on any atom is 0.119 e. The van der Waals surface area contributed by atoms with Gasteiger partial charge < -0.3 is 20.3 Å². The third-order valence-electron chi connectivity index (χ3n) is 1.85. The van der Waals surface area contributed by atoms with E-state index < -0.39 is 6.10 Å². The van der Waals surface area contributed by atoms with E-state index in [0.29, 0.717) is 13.1 Å². The van der Waals surface area contributed by atoms with Gasteiger partial charge in [-0.05, 0) is 12.1 Å². The summed E-state index contributed by atoms with van der Waals surface area (Å²) >= 11 is 0. The number of aliphatic hydroxyl groups is 2. The lowest BCUT2D eigenvalue weighted by molar-refractivity contribution is 0.105. The van der Waals surface area contributed by atoms with Gasteiger partial charge in [0, 0.05) is 13.1 Å². The fourth-order valence-corrected chi connectivity index (χ4v) is 1.12. The van der Waals surface area contributed by atoms with Crippen LogP contribution in [0.3, 0.4) is 0 Å². The van der Waals surface area contributed by atoms with Crippen LogP contribution in [0.5, 0.6) is 5.75 Å². The summed E-state index contributed by atoms with van der Waals surface area (Å²) in [6.45, 7) is 1.24. The monoisotopic (exact) mass is 211 g/mol. The van der Waals surface area contributed by atoms with Crippen molar-refractivity contribution >= 4 is 0 Å². The van der Waals surface area contributed by atoms with Gasteiger partial charge in [-0.1, -0.05) is 18.2 Å². The number of ether oxygens (including phenoxy) is 1. The molecule has 1 aromatic rings. The topological polar surface area (TPSA) is 61.7 Å². The Morgan fingerprint density at radius 1 is 1.27 bits per heavy atom. The number of aliphatic hydroxyl groups excluding tert-OH is 2. The molecular formula is C11H17NO3. The van der Waals surface area contributed by atoms with Crippen LogP contribution in [0.15, 0.2) is 30.3 Å². The first-order valence-corrected chi connectivity index (χ1v) is 5.00. The largest absolute Gasteiger partial charge is 0.491 e. The van der Waals surface area contributed by atoms with Crippen molar-refractivity contribution in [3.8, 4) is 5.75 Å². The molecule has 0 radical (unpaired) electrons. The highest BCUT2D eigenvalue weighted by molar-refractivity contribution is 5.20. The van der Waals surface area contributed by atoms with E-state index in [4.69, 9.17) is 9.84 Å². The van der Waals surface area contributed by atoms with E-state index in [1.807, 2.05) is 30.3 Å². The average molecular weight is 211 g/mol. The van der Waals surface area contributed by atoms with Crippen LogP contribution < -0.4 is 10.1 Å². The van der Waals surface area contributed by atoms with Gasteiger partial charge in [-0.3, -0.25) is 0 Å². The van der Waals surface area contributed by atoms with E-state index in [0.717, 1.165) is 5.75 Å². The molecular weight excluding hydrogens is 194 g/mol. The van der Waals surface area contributed by atoms with E-state index in [9.17, 15) is 5.11 Å². The standard InChI is InChI=1S/C11H17NO3/c13-7-6-12-8-10(14)9-15-11-4-2-1-3-5-11/h1-5,10,12-14H,6-9H2/t10-/m0/s1. The summed E-state index contributed by atoms with van der Waals surface area (Å²) in [5.74, 6) is 0.749. The molecule has 0 saturated carbocycles. The van der Waals surface area contributed by atoms with Gasteiger partial charge >= 0.3 is 0 Å². The van der Waals surface area contributed by atoms with E-state index in [1.54, 1.807) is 0 Å². The molecule has 0 fully saturated rings. The minimum absolute atomic E-state index is 0.0757. The molecule has 0 unspecified atom stereocenters. The normalized spacial score (nSPS) is 12.4. The number of benzene rings is 1. The van der Waals surface area contributed by atoms with Crippen molar-refractivity contribution in [2.75, 3.05) is 26.3 Å². The first kappa shape index (κ1) is 12.0.